The first-order valence-electron chi connectivity index (χ1n) is 6.67. The number of carbonyl (C=O) groups excluding carboxylic acids is 1. The van der Waals surface area contributed by atoms with Crippen LogP contribution < -0.4 is 10.6 Å². The Morgan fingerprint density at radius 3 is 2.53 bits per heavy atom. The average Bonchev–Trinajstić information content (AvgIpc) is 2.46. The number of nitrogens with zero attached hydrogens (tertiary/aromatic N) is 2. The van der Waals surface area contributed by atoms with E-state index in [9.17, 15) is 9.18 Å². The van der Waals surface area contributed by atoms with E-state index in [0.29, 0.717) is 38.3 Å². The van der Waals surface area contributed by atoms with Gasteiger partial charge in [-0.1, -0.05) is 19.1 Å². The topological polar surface area (TPSA) is 49.6 Å². The van der Waals surface area contributed by atoms with Crippen LogP contribution >= 0.6 is 0 Å². The first-order chi connectivity index (χ1) is 9.13. The number of carbonyl (C=O) groups is 1. The second-order valence-corrected chi connectivity index (χ2v) is 4.78. The summed E-state index contributed by atoms with van der Waals surface area (Å²) in [6, 6.07) is 6.31. The van der Waals surface area contributed by atoms with E-state index in [2.05, 4.69) is 0 Å². The van der Waals surface area contributed by atoms with Gasteiger partial charge < -0.3 is 15.5 Å². The fraction of sp³-hybridized carbons (Fsp3) is 0.500. The summed E-state index contributed by atoms with van der Waals surface area (Å²) in [4.78, 5) is 15.7. The number of piperazine rings is 1. The predicted molar refractivity (Wildman–Crippen MR) is 73.5 cm³/mol. The minimum Gasteiger partial charge on any atom is -0.366 e. The van der Waals surface area contributed by atoms with Crippen LogP contribution in [0.2, 0.25) is 0 Å². The maximum absolute atomic E-state index is 13.7. The Morgan fingerprint density at radius 1 is 1.32 bits per heavy atom. The van der Waals surface area contributed by atoms with Crippen LogP contribution in [-0.4, -0.2) is 43.0 Å². The molecule has 0 spiro atoms. The summed E-state index contributed by atoms with van der Waals surface area (Å²) in [5.74, 6) is -0.219. The third-order valence-corrected chi connectivity index (χ3v) is 3.54. The number of anilines is 1. The summed E-state index contributed by atoms with van der Waals surface area (Å²) in [6.45, 7) is 4.38. The Bertz CT molecular complexity index is 444. The third kappa shape index (κ3) is 3.04. The van der Waals surface area contributed by atoms with Crippen LogP contribution in [0.4, 0.5) is 10.1 Å². The second-order valence-electron chi connectivity index (χ2n) is 4.78. The zero-order valence-electron chi connectivity index (χ0n) is 11.2. The minimum absolute atomic E-state index is 0.00400. The Kier molecular flexibility index (Phi) is 4.37. The lowest BCUT2D eigenvalue weighted by atomic mass is 10.2. The molecule has 0 bridgehead atoms. The molecule has 104 valence electrons. The van der Waals surface area contributed by atoms with Gasteiger partial charge in [0.25, 0.3) is 0 Å². The van der Waals surface area contributed by atoms with Crippen molar-refractivity contribution in [3.63, 3.8) is 0 Å². The van der Waals surface area contributed by atoms with E-state index in [1.807, 2.05) is 17.9 Å². The number of rotatable bonds is 3. The number of amides is 1. The van der Waals surface area contributed by atoms with E-state index in [4.69, 9.17) is 5.73 Å². The van der Waals surface area contributed by atoms with Gasteiger partial charge in [0, 0.05) is 26.2 Å². The number of hydrogen-bond acceptors (Lipinski definition) is 3. The molecule has 2 N–H and O–H groups in total. The molecule has 1 aliphatic rings. The summed E-state index contributed by atoms with van der Waals surface area (Å²) in [5, 5.41) is 0. The van der Waals surface area contributed by atoms with Crippen LogP contribution in [0.1, 0.15) is 13.3 Å². The molecule has 1 saturated heterocycles. The van der Waals surface area contributed by atoms with Crippen molar-refractivity contribution in [3.05, 3.63) is 30.1 Å². The molecule has 1 aromatic rings. The maximum atomic E-state index is 13.7. The van der Waals surface area contributed by atoms with Gasteiger partial charge in [-0.05, 0) is 18.6 Å². The summed E-state index contributed by atoms with van der Waals surface area (Å²) in [6.07, 6.45) is 0.645. The fourth-order valence-electron chi connectivity index (χ4n) is 2.29. The molecular weight excluding hydrogens is 245 g/mol. The van der Waals surface area contributed by atoms with Crippen molar-refractivity contribution in [3.8, 4) is 0 Å². The fourth-order valence-corrected chi connectivity index (χ4v) is 2.29. The molecule has 19 heavy (non-hydrogen) atoms. The monoisotopic (exact) mass is 265 g/mol. The van der Waals surface area contributed by atoms with Gasteiger partial charge >= 0.3 is 0 Å². The van der Waals surface area contributed by atoms with Gasteiger partial charge in [-0.2, -0.15) is 0 Å². The third-order valence-electron chi connectivity index (χ3n) is 3.54. The maximum Gasteiger partial charge on any atom is 0.239 e. The molecule has 1 unspecified atom stereocenters. The SMILES string of the molecule is CCC(N)C(=O)N1CCN(c2ccccc2F)CC1. The van der Waals surface area contributed by atoms with Crippen LogP contribution in [0.15, 0.2) is 24.3 Å². The number of hydrogen-bond donors (Lipinski definition) is 1. The number of halogens is 1. The average molecular weight is 265 g/mol. The van der Waals surface area contributed by atoms with Crippen molar-refractivity contribution in [2.45, 2.75) is 19.4 Å². The van der Waals surface area contributed by atoms with Gasteiger partial charge in [0.05, 0.1) is 11.7 Å². The van der Waals surface area contributed by atoms with Gasteiger partial charge in [0.15, 0.2) is 0 Å². The number of para-hydroxylation sites is 1. The molecule has 1 aliphatic heterocycles. The Labute approximate surface area is 113 Å². The summed E-state index contributed by atoms with van der Waals surface area (Å²) in [5.41, 5.74) is 6.36. The molecule has 1 atom stereocenters. The van der Waals surface area contributed by atoms with Crippen molar-refractivity contribution < 1.29 is 9.18 Å². The van der Waals surface area contributed by atoms with Gasteiger partial charge in [-0.15, -0.1) is 0 Å². The van der Waals surface area contributed by atoms with Crippen molar-refractivity contribution in [1.29, 1.82) is 0 Å². The standard InChI is InChI=1S/C14H20FN3O/c1-2-12(16)14(19)18-9-7-17(8-10-18)13-6-4-3-5-11(13)15/h3-6,12H,2,7-10,16H2,1H3. The first-order valence-corrected chi connectivity index (χ1v) is 6.67. The van der Waals surface area contributed by atoms with Crippen LogP contribution in [0.5, 0.6) is 0 Å². The zero-order chi connectivity index (χ0) is 13.8. The highest BCUT2D eigenvalue weighted by atomic mass is 19.1. The molecule has 4 nitrogen and oxygen atoms in total. The summed E-state index contributed by atoms with van der Waals surface area (Å²) >= 11 is 0. The van der Waals surface area contributed by atoms with E-state index in [1.54, 1.807) is 17.0 Å². The molecular formula is C14H20FN3O. The van der Waals surface area contributed by atoms with Crippen LogP contribution in [-0.2, 0) is 4.79 Å². The molecule has 0 saturated carbocycles. The molecule has 1 heterocycles. The Morgan fingerprint density at radius 2 is 1.95 bits per heavy atom. The predicted octanol–water partition coefficient (Wildman–Crippen LogP) is 1.21. The Hall–Kier alpha value is -1.62. The van der Waals surface area contributed by atoms with Crippen LogP contribution in [0.25, 0.3) is 0 Å². The van der Waals surface area contributed by atoms with Gasteiger partial charge in [0.2, 0.25) is 5.91 Å². The molecule has 2 rings (SSSR count). The van der Waals surface area contributed by atoms with Crippen molar-refractivity contribution >= 4 is 11.6 Å². The van der Waals surface area contributed by atoms with E-state index in [-0.39, 0.29) is 11.7 Å². The molecule has 1 fully saturated rings. The molecule has 0 aliphatic carbocycles. The molecule has 1 amide bonds. The second kappa shape index (κ2) is 6.02. The van der Waals surface area contributed by atoms with E-state index in [1.165, 1.54) is 6.07 Å². The Balaban J connectivity index is 1.96. The van der Waals surface area contributed by atoms with Crippen molar-refractivity contribution in [2.75, 3.05) is 31.1 Å². The highest BCUT2D eigenvalue weighted by Gasteiger charge is 2.25. The minimum atomic E-state index is -0.417. The van der Waals surface area contributed by atoms with Gasteiger partial charge in [0.1, 0.15) is 5.82 Å². The largest absolute Gasteiger partial charge is 0.366 e. The lowest BCUT2D eigenvalue weighted by molar-refractivity contribution is -0.132. The van der Waals surface area contributed by atoms with E-state index >= 15 is 0 Å². The first kappa shape index (κ1) is 13.8. The molecule has 1 aromatic carbocycles. The van der Waals surface area contributed by atoms with Crippen LogP contribution in [0, 0.1) is 5.82 Å². The quantitative estimate of drug-likeness (QED) is 0.893. The van der Waals surface area contributed by atoms with Gasteiger partial charge in [-0.3, -0.25) is 4.79 Å². The summed E-state index contributed by atoms with van der Waals surface area (Å²) < 4.78 is 13.7. The zero-order valence-corrected chi connectivity index (χ0v) is 11.2. The molecule has 5 heteroatoms. The molecule has 0 aromatic heterocycles. The summed E-state index contributed by atoms with van der Waals surface area (Å²) in [7, 11) is 0. The smallest absolute Gasteiger partial charge is 0.239 e. The van der Waals surface area contributed by atoms with E-state index < -0.39 is 6.04 Å². The van der Waals surface area contributed by atoms with Crippen LogP contribution in [0.3, 0.4) is 0 Å². The number of benzene rings is 1. The van der Waals surface area contributed by atoms with Crippen molar-refractivity contribution in [1.82, 2.24) is 4.90 Å². The normalized spacial score (nSPS) is 17.4. The van der Waals surface area contributed by atoms with E-state index in [0.717, 1.165) is 0 Å². The lowest BCUT2D eigenvalue weighted by Crippen LogP contribution is -2.53. The highest BCUT2D eigenvalue weighted by molar-refractivity contribution is 5.81. The lowest BCUT2D eigenvalue weighted by Gasteiger charge is -2.37. The number of nitrogens with two attached hydrogens (primary N) is 1. The van der Waals surface area contributed by atoms with Crippen molar-refractivity contribution in [2.24, 2.45) is 5.73 Å². The molecule has 0 radical (unpaired) electrons. The van der Waals surface area contributed by atoms with Gasteiger partial charge in [-0.25, -0.2) is 4.39 Å². The highest BCUT2D eigenvalue weighted by Crippen LogP contribution is 2.20.